The van der Waals surface area contributed by atoms with Crippen LogP contribution in [-0.4, -0.2) is 15.4 Å². The van der Waals surface area contributed by atoms with Crippen LogP contribution in [0, 0.1) is 0 Å². The van der Waals surface area contributed by atoms with Gasteiger partial charge in [0.15, 0.2) is 0 Å². The van der Waals surface area contributed by atoms with Gasteiger partial charge in [-0.1, -0.05) is 0 Å². The van der Waals surface area contributed by atoms with Crippen molar-refractivity contribution in [3.05, 3.63) is 0 Å². The molecule has 0 aliphatic carbocycles. The van der Waals surface area contributed by atoms with Crippen molar-refractivity contribution < 1.29 is 0 Å². The molecule has 0 aliphatic heterocycles. The van der Waals surface area contributed by atoms with Gasteiger partial charge in [-0.15, -0.1) is 0 Å². The standard InChI is InChI=1S/C5H13Ge/c1-3-4-5-6-2/h6H,3-5H2,1-2H3. The van der Waals surface area contributed by atoms with Gasteiger partial charge in [0.1, 0.15) is 0 Å². The van der Waals surface area contributed by atoms with Crippen LogP contribution in [0.1, 0.15) is 19.8 Å². The Morgan fingerprint density at radius 2 is 2.17 bits per heavy atom. The molecular weight excluding hydrogens is 133 g/mol. The van der Waals surface area contributed by atoms with E-state index in [1.807, 2.05) is 0 Å². The molecule has 0 rings (SSSR count). The summed E-state index contributed by atoms with van der Waals surface area (Å²) < 4.78 is 0. The topological polar surface area (TPSA) is 0 Å². The van der Waals surface area contributed by atoms with Crippen molar-refractivity contribution in [1.82, 2.24) is 0 Å². The van der Waals surface area contributed by atoms with Gasteiger partial charge in [-0.25, -0.2) is 0 Å². The molecule has 0 aromatic rings. The fraction of sp³-hybridized carbons (Fsp3) is 1.00. The summed E-state index contributed by atoms with van der Waals surface area (Å²) in [6.07, 6.45) is 2.88. The first-order chi connectivity index (χ1) is 2.91. The predicted molar refractivity (Wildman–Crippen MR) is 32.7 cm³/mol. The molecule has 0 unspecified atom stereocenters. The van der Waals surface area contributed by atoms with Gasteiger partial charge in [-0.2, -0.15) is 0 Å². The fourth-order valence-corrected chi connectivity index (χ4v) is 2.12. The average molecular weight is 146 g/mol. The second kappa shape index (κ2) is 5.54. The Morgan fingerprint density at radius 3 is 2.33 bits per heavy atom. The summed E-state index contributed by atoms with van der Waals surface area (Å²) in [7, 11) is 0. The molecule has 0 N–H and O–H groups in total. The SMILES string of the molecule is CCC[CH2][GeH][CH3]. The van der Waals surface area contributed by atoms with Gasteiger partial charge in [0.25, 0.3) is 0 Å². The molecule has 1 heteroatoms. The van der Waals surface area contributed by atoms with Crippen LogP contribution in [0.25, 0.3) is 0 Å². The average Bonchev–Trinajstić information content (AvgIpc) is 1.61. The molecule has 0 aromatic heterocycles. The van der Waals surface area contributed by atoms with Gasteiger partial charge >= 0.3 is 46.2 Å². The molecule has 0 aliphatic rings. The number of hydrogen-bond donors (Lipinski definition) is 0. The normalized spacial score (nSPS) is 9.00. The Hall–Kier alpha value is 0.543. The van der Waals surface area contributed by atoms with E-state index >= 15 is 0 Å². The van der Waals surface area contributed by atoms with Crippen LogP contribution in [0.3, 0.4) is 0 Å². The summed E-state index contributed by atoms with van der Waals surface area (Å²) in [5.74, 6) is 2.39. The zero-order valence-electron chi connectivity index (χ0n) is 4.70. The summed E-state index contributed by atoms with van der Waals surface area (Å²) >= 11 is 0.284. The van der Waals surface area contributed by atoms with E-state index in [4.69, 9.17) is 0 Å². The van der Waals surface area contributed by atoms with Crippen molar-refractivity contribution >= 4 is 15.4 Å². The first-order valence-electron chi connectivity index (χ1n) is 2.69. The van der Waals surface area contributed by atoms with E-state index < -0.39 is 0 Å². The van der Waals surface area contributed by atoms with E-state index in [0.29, 0.717) is 0 Å². The second-order valence-electron chi connectivity index (χ2n) is 1.55. The summed E-state index contributed by atoms with van der Waals surface area (Å²) in [5, 5.41) is 1.57. The third kappa shape index (κ3) is 4.54. The van der Waals surface area contributed by atoms with E-state index in [1.54, 1.807) is 5.25 Å². The molecule has 0 nitrogen and oxygen atoms in total. The van der Waals surface area contributed by atoms with Crippen LogP contribution in [0.2, 0.25) is 11.0 Å². The summed E-state index contributed by atoms with van der Waals surface area (Å²) in [6, 6.07) is 0. The first-order valence-corrected chi connectivity index (χ1v) is 6.83. The van der Waals surface area contributed by atoms with Crippen LogP contribution in [-0.2, 0) is 0 Å². The van der Waals surface area contributed by atoms with Crippen molar-refractivity contribution in [1.29, 1.82) is 0 Å². The van der Waals surface area contributed by atoms with Gasteiger partial charge in [0.2, 0.25) is 0 Å². The molecule has 0 saturated heterocycles. The molecule has 37 valence electrons. The Bertz CT molecular complexity index is 15.9. The molecule has 0 spiro atoms. The Morgan fingerprint density at radius 1 is 1.50 bits per heavy atom. The van der Waals surface area contributed by atoms with Crippen LogP contribution in [0.15, 0.2) is 0 Å². The predicted octanol–water partition coefficient (Wildman–Crippen LogP) is 1.69. The maximum absolute atomic E-state index is 2.39. The fourth-order valence-electron chi connectivity index (χ4n) is 0.408. The third-order valence-electron chi connectivity index (χ3n) is 0.846. The number of rotatable bonds is 3. The van der Waals surface area contributed by atoms with Crippen molar-refractivity contribution in [2.75, 3.05) is 0 Å². The summed E-state index contributed by atoms with van der Waals surface area (Å²) in [4.78, 5) is 0. The van der Waals surface area contributed by atoms with Crippen LogP contribution < -0.4 is 0 Å². The zero-order chi connectivity index (χ0) is 4.83. The quantitative estimate of drug-likeness (QED) is 0.419. The molecule has 1 radical (unpaired) electrons. The van der Waals surface area contributed by atoms with Gasteiger partial charge in [0.05, 0.1) is 0 Å². The number of unbranched alkanes of at least 4 members (excludes halogenated alkanes) is 1. The van der Waals surface area contributed by atoms with Crippen molar-refractivity contribution in [3.8, 4) is 0 Å². The minimum atomic E-state index is 0.284. The van der Waals surface area contributed by atoms with Crippen LogP contribution in [0.5, 0.6) is 0 Å². The van der Waals surface area contributed by atoms with E-state index in [2.05, 4.69) is 12.7 Å². The van der Waals surface area contributed by atoms with Gasteiger partial charge in [0, 0.05) is 0 Å². The van der Waals surface area contributed by atoms with E-state index in [0.717, 1.165) is 0 Å². The molecule has 6 heavy (non-hydrogen) atoms. The van der Waals surface area contributed by atoms with Crippen molar-refractivity contribution in [3.63, 3.8) is 0 Å². The molecular formula is C5H13Ge. The molecule has 0 amide bonds. The molecule has 0 fully saturated rings. The Kier molecular flexibility index (Phi) is 6.04. The minimum absolute atomic E-state index is 0.284. The molecule has 0 heterocycles. The van der Waals surface area contributed by atoms with Crippen molar-refractivity contribution in [2.24, 2.45) is 0 Å². The van der Waals surface area contributed by atoms with E-state index in [1.165, 1.54) is 12.8 Å². The summed E-state index contributed by atoms with van der Waals surface area (Å²) in [5.41, 5.74) is 0. The second-order valence-corrected chi connectivity index (χ2v) is 4.47. The molecule has 0 saturated carbocycles. The Labute approximate surface area is 46.8 Å². The van der Waals surface area contributed by atoms with Crippen LogP contribution in [0.4, 0.5) is 0 Å². The van der Waals surface area contributed by atoms with E-state index in [9.17, 15) is 0 Å². The number of hydrogen-bond acceptors (Lipinski definition) is 0. The maximum atomic E-state index is 2.39. The molecule has 0 aromatic carbocycles. The van der Waals surface area contributed by atoms with E-state index in [-0.39, 0.29) is 15.4 Å². The molecule has 0 bridgehead atoms. The van der Waals surface area contributed by atoms with Gasteiger partial charge < -0.3 is 0 Å². The molecule has 0 atom stereocenters. The Balaban J connectivity index is 2.34. The first kappa shape index (κ1) is 6.54. The van der Waals surface area contributed by atoms with Crippen LogP contribution >= 0.6 is 0 Å². The third-order valence-corrected chi connectivity index (χ3v) is 2.91. The van der Waals surface area contributed by atoms with Gasteiger partial charge in [-0.3, -0.25) is 0 Å². The zero-order valence-corrected chi connectivity index (χ0v) is 7.12. The monoisotopic (exact) mass is 147 g/mol. The van der Waals surface area contributed by atoms with Gasteiger partial charge in [-0.05, 0) is 0 Å². The summed E-state index contributed by atoms with van der Waals surface area (Å²) in [6.45, 7) is 2.26. The van der Waals surface area contributed by atoms with Crippen molar-refractivity contribution in [2.45, 2.75) is 30.8 Å².